The number of carbonyl (C=O) groups excluding carboxylic acids is 1. The molecule has 1 unspecified atom stereocenters. The van der Waals surface area contributed by atoms with Crippen molar-refractivity contribution in [2.75, 3.05) is 13.2 Å². The molecule has 1 saturated heterocycles. The van der Waals surface area contributed by atoms with Crippen molar-refractivity contribution in [3.63, 3.8) is 0 Å². The molecule has 1 aliphatic rings. The first kappa shape index (κ1) is 10.7. The maximum absolute atomic E-state index is 11.7. The zero-order valence-corrected chi connectivity index (χ0v) is 9.84. The van der Waals surface area contributed by atoms with Crippen molar-refractivity contribution >= 4 is 21.8 Å². The summed E-state index contributed by atoms with van der Waals surface area (Å²) in [5, 5.41) is 2.93. The minimum atomic E-state index is -0.0730. The average molecular weight is 273 g/mol. The summed E-state index contributed by atoms with van der Waals surface area (Å²) in [6.45, 7) is 1.42. The normalized spacial score (nSPS) is 21.3. The van der Waals surface area contributed by atoms with Gasteiger partial charge in [-0.15, -0.1) is 0 Å². The van der Waals surface area contributed by atoms with Crippen molar-refractivity contribution in [3.05, 3.63) is 22.4 Å². The molecule has 0 bridgehead atoms. The van der Waals surface area contributed by atoms with Crippen LogP contribution in [0.25, 0.3) is 0 Å². The quantitative estimate of drug-likeness (QED) is 0.861. The van der Waals surface area contributed by atoms with Crippen molar-refractivity contribution in [1.82, 2.24) is 10.3 Å². The van der Waals surface area contributed by atoms with Gasteiger partial charge in [0, 0.05) is 17.3 Å². The molecule has 2 N–H and O–H groups in total. The minimum absolute atomic E-state index is 0.0730. The Morgan fingerprint density at radius 1 is 1.67 bits per heavy atom. The van der Waals surface area contributed by atoms with E-state index in [1.165, 1.54) is 0 Å². The van der Waals surface area contributed by atoms with Gasteiger partial charge < -0.3 is 15.0 Å². The Morgan fingerprint density at radius 3 is 3.13 bits per heavy atom. The fourth-order valence-corrected chi connectivity index (χ4v) is 1.96. The van der Waals surface area contributed by atoms with E-state index < -0.39 is 0 Å². The molecule has 0 aromatic carbocycles. The Hall–Kier alpha value is -0.810. The Morgan fingerprint density at radius 2 is 2.53 bits per heavy atom. The number of hydrogen-bond donors (Lipinski definition) is 2. The molecule has 0 aliphatic carbocycles. The van der Waals surface area contributed by atoms with Gasteiger partial charge in [0.25, 0.3) is 5.91 Å². The van der Waals surface area contributed by atoms with Crippen LogP contribution < -0.4 is 5.32 Å². The number of H-pyrrole nitrogens is 1. The molecule has 15 heavy (non-hydrogen) atoms. The fourth-order valence-electron chi connectivity index (χ4n) is 1.62. The van der Waals surface area contributed by atoms with E-state index in [0.29, 0.717) is 12.3 Å². The summed E-state index contributed by atoms with van der Waals surface area (Å²) >= 11 is 3.29. The molecule has 1 aromatic heterocycles. The van der Waals surface area contributed by atoms with Crippen LogP contribution in [0.3, 0.4) is 0 Å². The van der Waals surface area contributed by atoms with Gasteiger partial charge in [-0.25, -0.2) is 0 Å². The van der Waals surface area contributed by atoms with E-state index in [-0.39, 0.29) is 11.9 Å². The number of ether oxygens (including phenoxy) is 1. The van der Waals surface area contributed by atoms with Gasteiger partial charge in [-0.2, -0.15) is 0 Å². The lowest BCUT2D eigenvalue weighted by Crippen LogP contribution is -2.40. The number of aromatic amines is 1. The highest BCUT2D eigenvalue weighted by Gasteiger charge is 2.17. The van der Waals surface area contributed by atoms with Crippen LogP contribution >= 0.6 is 15.9 Å². The lowest BCUT2D eigenvalue weighted by molar-refractivity contribution is 0.0622. The molecule has 4 nitrogen and oxygen atoms in total. The third-order valence-electron chi connectivity index (χ3n) is 2.39. The zero-order chi connectivity index (χ0) is 10.7. The van der Waals surface area contributed by atoms with E-state index in [0.717, 1.165) is 23.9 Å². The molecule has 1 fully saturated rings. The molecule has 1 aromatic rings. The lowest BCUT2D eigenvalue weighted by Gasteiger charge is -2.22. The first-order valence-electron chi connectivity index (χ1n) is 4.98. The summed E-state index contributed by atoms with van der Waals surface area (Å²) in [6.07, 6.45) is 3.75. The van der Waals surface area contributed by atoms with Crippen molar-refractivity contribution in [2.45, 2.75) is 18.9 Å². The fraction of sp³-hybridized carbons (Fsp3) is 0.500. The number of aromatic nitrogens is 1. The van der Waals surface area contributed by atoms with Crippen LogP contribution in [0.15, 0.2) is 16.7 Å². The molecule has 2 heterocycles. The second kappa shape index (κ2) is 4.81. The Kier molecular flexibility index (Phi) is 3.43. The number of halogens is 1. The summed E-state index contributed by atoms with van der Waals surface area (Å²) in [5.74, 6) is -0.0730. The van der Waals surface area contributed by atoms with Crippen LogP contribution in [-0.4, -0.2) is 30.1 Å². The SMILES string of the molecule is O=C(NC1CCCOC1)c1cc(Br)c[nH]1. The van der Waals surface area contributed by atoms with E-state index >= 15 is 0 Å². The van der Waals surface area contributed by atoms with Crippen LogP contribution in [0.4, 0.5) is 0 Å². The predicted octanol–water partition coefficient (Wildman–Crippen LogP) is 1.69. The molecule has 0 spiro atoms. The highest BCUT2D eigenvalue weighted by Crippen LogP contribution is 2.11. The van der Waals surface area contributed by atoms with Crippen LogP contribution in [0.5, 0.6) is 0 Å². The minimum Gasteiger partial charge on any atom is -0.379 e. The highest BCUT2D eigenvalue weighted by atomic mass is 79.9. The van der Waals surface area contributed by atoms with Gasteiger partial charge in [-0.1, -0.05) is 0 Å². The van der Waals surface area contributed by atoms with Gasteiger partial charge in [-0.05, 0) is 34.8 Å². The second-order valence-corrected chi connectivity index (χ2v) is 4.53. The molecule has 2 rings (SSSR count). The molecule has 1 aliphatic heterocycles. The van der Waals surface area contributed by atoms with Crippen LogP contribution in [-0.2, 0) is 4.74 Å². The lowest BCUT2D eigenvalue weighted by atomic mass is 10.1. The van der Waals surface area contributed by atoms with Crippen molar-refractivity contribution in [1.29, 1.82) is 0 Å². The molecule has 82 valence electrons. The molecular weight excluding hydrogens is 260 g/mol. The van der Waals surface area contributed by atoms with Crippen molar-refractivity contribution in [2.24, 2.45) is 0 Å². The standard InChI is InChI=1S/C10H13BrN2O2/c11-7-4-9(12-5-7)10(14)13-8-2-1-3-15-6-8/h4-5,8,12H,1-3,6H2,(H,13,14). The Bertz CT molecular complexity index is 345. The number of hydrogen-bond acceptors (Lipinski definition) is 2. The first-order valence-corrected chi connectivity index (χ1v) is 5.77. The number of amides is 1. The van der Waals surface area contributed by atoms with E-state index in [1.807, 2.05) is 0 Å². The largest absolute Gasteiger partial charge is 0.379 e. The summed E-state index contributed by atoms with van der Waals surface area (Å²) in [5.41, 5.74) is 0.576. The molecule has 0 saturated carbocycles. The third-order valence-corrected chi connectivity index (χ3v) is 2.85. The van der Waals surface area contributed by atoms with E-state index in [1.54, 1.807) is 12.3 Å². The van der Waals surface area contributed by atoms with Crippen molar-refractivity contribution in [3.8, 4) is 0 Å². The molecule has 0 radical (unpaired) electrons. The molecule has 5 heteroatoms. The second-order valence-electron chi connectivity index (χ2n) is 3.62. The van der Waals surface area contributed by atoms with Crippen LogP contribution in [0, 0.1) is 0 Å². The van der Waals surface area contributed by atoms with Crippen LogP contribution in [0.1, 0.15) is 23.3 Å². The zero-order valence-electron chi connectivity index (χ0n) is 8.25. The number of nitrogens with one attached hydrogen (secondary N) is 2. The van der Waals surface area contributed by atoms with Crippen LogP contribution in [0.2, 0.25) is 0 Å². The first-order chi connectivity index (χ1) is 7.25. The summed E-state index contributed by atoms with van der Waals surface area (Å²) in [6, 6.07) is 1.91. The van der Waals surface area contributed by atoms with Gasteiger partial charge in [-0.3, -0.25) is 4.79 Å². The predicted molar refractivity (Wildman–Crippen MR) is 59.8 cm³/mol. The molecule has 1 atom stereocenters. The van der Waals surface area contributed by atoms with Gasteiger partial charge in [0.05, 0.1) is 12.6 Å². The Labute approximate surface area is 96.5 Å². The van der Waals surface area contributed by atoms with Gasteiger partial charge >= 0.3 is 0 Å². The number of rotatable bonds is 2. The van der Waals surface area contributed by atoms with E-state index in [2.05, 4.69) is 26.2 Å². The summed E-state index contributed by atoms with van der Waals surface area (Å²) in [4.78, 5) is 14.6. The van der Waals surface area contributed by atoms with E-state index in [9.17, 15) is 4.79 Å². The smallest absolute Gasteiger partial charge is 0.268 e. The van der Waals surface area contributed by atoms with Crippen molar-refractivity contribution < 1.29 is 9.53 Å². The van der Waals surface area contributed by atoms with Gasteiger partial charge in [0.2, 0.25) is 0 Å². The van der Waals surface area contributed by atoms with E-state index in [4.69, 9.17) is 4.74 Å². The van der Waals surface area contributed by atoms with Gasteiger partial charge in [0.15, 0.2) is 0 Å². The maximum atomic E-state index is 11.7. The third kappa shape index (κ3) is 2.82. The number of carbonyl (C=O) groups is 1. The highest BCUT2D eigenvalue weighted by molar-refractivity contribution is 9.10. The topological polar surface area (TPSA) is 54.1 Å². The summed E-state index contributed by atoms with van der Waals surface area (Å²) < 4.78 is 6.17. The molecular formula is C10H13BrN2O2. The monoisotopic (exact) mass is 272 g/mol. The maximum Gasteiger partial charge on any atom is 0.268 e. The van der Waals surface area contributed by atoms with Gasteiger partial charge in [0.1, 0.15) is 5.69 Å². The average Bonchev–Trinajstić information content (AvgIpc) is 2.66. The summed E-state index contributed by atoms with van der Waals surface area (Å²) in [7, 11) is 0. The molecule has 1 amide bonds. The Balaban J connectivity index is 1.91.